The van der Waals surface area contributed by atoms with E-state index in [-0.39, 0.29) is 23.9 Å². The summed E-state index contributed by atoms with van der Waals surface area (Å²) in [6.07, 6.45) is 0.887. The van der Waals surface area contributed by atoms with Gasteiger partial charge < -0.3 is 5.32 Å². The molecule has 2 N–H and O–H groups in total. The van der Waals surface area contributed by atoms with E-state index in [0.29, 0.717) is 0 Å². The van der Waals surface area contributed by atoms with E-state index in [4.69, 9.17) is 0 Å². The lowest BCUT2D eigenvalue weighted by Crippen LogP contribution is -2.35. The fourth-order valence-corrected chi connectivity index (χ4v) is 1.07. The third kappa shape index (κ3) is 1.50. The van der Waals surface area contributed by atoms with Gasteiger partial charge in [0.25, 0.3) is 5.91 Å². The highest BCUT2D eigenvalue weighted by molar-refractivity contribution is 6.04. The van der Waals surface area contributed by atoms with Crippen LogP contribution in [-0.2, 0) is 4.79 Å². The lowest BCUT2D eigenvalue weighted by Gasteiger charge is -2.13. The first-order chi connectivity index (χ1) is 5.15. The molecule has 1 fully saturated rings. The first-order valence-corrected chi connectivity index (χ1v) is 3.76. The lowest BCUT2D eigenvalue weighted by atomic mass is 10.00. The second kappa shape index (κ2) is 2.90. The van der Waals surface area contributed by atoms with Crippen molar-refractivity contribution in [3.05, 3.63) is 0 Å². The van der Waals surface area contributed by atoms with Gasteiger partial charge in [-0.15, -0.1) is 0 Å². The number of imide groups is 1. The van der Waals surface area contributed by atoms with Crippen LogP contribution in [0.5, 0.6) is 0 Å². The summed E-state index contributed by atoms with van der Waals surface area (Å²) in [7, 11) is 0. The van der Waals surface area contributed by atoms with Gasteiger partial charge in [0, 0.05) is 0 Å². The predicted octanol–water partition coefficient (Wildman–Crippen LogP) is 0.241. The Labute approximate surface area is 65.3 Å². The predicted molar refractivity (Wildman–Crippen MR) is 39.9 cm³/mol. The second-order valence-electron chi connectivity index (χ2n) is 2.83. The highest BCUT2D eigenvalue weighted by Gasteiger charge is 2.32. The van der Waals surface area contributed by atoms with Crippen LogP contribution in [0, 0.1) is 5.92 Å². The molecule has 0 bridgehead atoms. The molecule has 11 heavy (non-hydrogen) atoms. The third-order valence-corrected chi connectivity index (χ3v) is 2.02. The van der Waals surface area contributed by atoms with Gasteiger partial charge in [-0.1, -0.05) is 20.3 Å². The Balaban J connectivity index is 2.59. The van der Waals surface area contributed by atoms with Gasteiger partial charge in [-0.05, 0) is 5.92 Å². The normalized spacial score (nSPS) is 26.2. The number of amides is 3. The molecule has 0 spiro atoms. The molecule has 0 aromatic heterocycles. The number of carbonyl (C=O) groups is 2. The molecule has 4 heteroatoms. The van der Waals surface area contributed by atoms with Crippen LogP contribution >= 0.6 is 0 Å². The minimum atomic E-state index is -0.375. The average molecular weight is 156 g/mol. The Morgan fingerprint density at radius 2 is 2.18 bits per heavy atom. The molecule has 1 heterocycles. The number of rotatable bonds is 2. The van der Waals surface area contributed by atoms with Crippen LogP contribution in [0.2, 0.25) is 0 Å². The van der Waals surface area contributed by atoms with Crippen molar-refractivity contribution in [2.45, 2.75) is 26.3 Å². The molecule has 0 aromatic carbocycles. The van der Waals surface area contributed by atoms with Crippen molar-refractivity contribution < 1.29 is 9.59 Å². The van der Waals surface area contributed by atoms with Crippen molar-refractivity contribution in [3.8, 4) is 0 Å². The van der Waals surface area contributed by atoms with E-state index in [9.17, 15) is 9.59 Å². The number of carbonyl (C=O) groups excluding carboxylic acids is 2. The van der Waals surface area contributed by atoms with Crippen molar-refractivity contribution >= 4 is 11.9 Å². The van der Waals surface area contributed by atoms with Crippen LogP contribution in [0.3, 0.4) is 0 Å². The zero-order chi connectivity index (χ0) is 8.43. The molecule has 4 nitrogen and oxygen atoms in total. The molecule has 1 rings (SSSR count). The van der Waals surface area contributed by atoms with Gasteiger partial charge >= 0.3 is 6.03 Å². The summed E-state index contributed by atoms with van der Waals surface area (Å²) < 4.78 is 0. The summed E-state index contributed by atoms with van der Waals surface area (Å²) in [5.41, 5.74) is 0. The highest BCUT2D eigenvalue weighted by atomic mass is 16.2. The van der Waals surface area contributed by atoms with Crippen LogP contribution in [0.1, 0.15) is 20.3 Å². The van der Waals surface area contributed by atoms with Crippen molar-refractivity contribution in [2.75, 3.05) is 0 Å². The SMILES string of the molecule is CCC(C)[C@H]1NC(=O)NC1=O. The topological polar surface area (TPSA) is 58.2 Å². The van der Waals surface area contributed by atoms with Crippen molar-refractivity contribution in [2.24, 2.45) is 5.92 Å². The molecular weight excluding hydrogens is 144 g/mol. The molecule has 62 valence electrons. The molecular formula is C7H12N2O2. The fourth-order valence-electron chi connectivity index (χ4n) is 1.07. The lowest BCUT2D eigenvalue weighted by molar-refractivity contribution is -0.121. The maximum absolute atomic E-state index is 11.0. The summed E-state index contributed by atoms with van der Waals surface area (Å²) in [6.45, 7) is 3.93. The Morgan fingerprint density at radius 1 is 1.55 bits per heavy atom. The van der Waals surface area contributed by atoms with E-state index < -0.39 is 0 Å². The Bertz CT molecular complexity index is 191. The van der Waals surface area contributed by atoms with Gasteiger partial charge in [-0.2, -0.15) is 0 Å². The van der Waals surface area contributed by atoms with Crippen molar-refractivity contribution in [1.29, 1.82) is 0 Å². The van der Waals surface area contributed by atoms with Gasteiger partial charge in [0.1, 0.15) is 6.04 Å². The van der Waals surface area contributed by atoms with E-state index >= 15 is 0 Å². The Kier molecular flexibility index (Phi) is 2.12. The number of urea groups is 1. The third-order valence-electron chi connectivity index (χ3n) is 2.02. The van der Waals surface area contributed by atoms with Gasteiger partial charge in [0.15, 0.2) is 0 Å². The van der Waals surface area contributed by atoms with E-state index in [2.05, 4.69) is 10.6 Å². The van der Waals surface area contributed by atoms with Crippen molar-refractivity contribution in [1.82, 2.24) is 10.6 Å². The second-order valence-corrected chi connectivity index (χ2v) is 2.83. The monoisotopic (exact) mass is 156 g/mol. The zero-order valence-corrected chi connectivity index (χ0v) is 6.68. The van der Waals surface area contributed by atoms with E-state index in [1.54, 1.807) is 0 Å². The molecule has 3 amide bonds. The summed E-state index contributed by atoms with van der Waals surface area (Å²) in [4.78, 5) is 21.6. The highest BCUT2D eigenvalue weighted by Crippen LogP contribution is 2.10. The molecule has 1 aliphatic heterocycles. The van der Waals surface area contributed by atoms with E-state index in [1.165, 1.54) is 0 Å². The Hall–Kier alpha value is -1.06. The van der Waals surface area contributed by atoms with Crippen LogP contribution < -0.4 is 10.6 Å². The average Bonchev–Trinajstić information content (AvgIpc) is 2.28. The maximum Gasteiger partial charge on any atom is 0.322 e. The van der Waals surface area contributed by atoms with E-state index in [1.807, 2.05) is 13.8 Å². The molecule has 0 radical (unpaired) electrons. The largest absolute Gasteiger partial charge is 0.326 e. The maximum atomic E-state index is 11.0. The summed E-state index contributed by atoms with van der Waals surface area (Å²) in [5, 5.41) is 4.75. The number of nitrogens with one attached hydrogen (secondary N) is 2. The first-order valence-electron chi connectivity index (χ1n) is 3.76. The summed E-state index contributed by atoms with van der Waals surface area (Å²) in [6, 6.07) is -0.701. The van der Waals surface area contributed by atoms with E-state index in [0.717, 1.165) is 6.42 Å². The minimum Gasteiger partial charge on any atom is -0.326 e. The molecule has 1 aliphatic rings. The molecule has 0 aliphatic carbocycles. The molecule has 2 atom stereocenters. The smallest absolute Gasteiger partial charge is 0.322 e. The first kappa shape index (κ1) is 8.04. The summed E-state index contributed by atoms with van der Waals surface area (Å²) in [5.74, 6) is 0.00537. The summed E-state index contributed by atoms with van der Waals surface area (Å²) >= 11 is 0. The minimum absolute atomic E-state index is 0.204. The van der Waals surface area contributed by atoms with Crippen LogP contribution in [-0.4, -0.2) is 18.0 Å². The fraction of sp³-hybridized carbons (Fsp3) is 0.714. The van der Waals surface area contributed by atoms with Crippen molar-refractivity contribution in [3.63, 3.8) is 0 Å². The Morgan fingerprint density at radius 3 is 2.55 bits per heavy atom. The van der Waals surface area contributed by atoms with Gasteiger partial charge in [0.2, 0.25) is 0 Å². The molecule has 0 aromatic rings. The number of hydrogen-bond acceptors (Lipinski definition) is 2. The van der Waals surface area contributed by atoms with Crippen LogP contribution in [0.25, 0.3) is 0 Å². The van der Waals surface area contributed by atoms with Gasteiger partial charge in [-0.25, -0.2) is 4.79 Å². The molecule has 1 unspecified atom stereocenters. The zero-order valence-electron chi connectivity index (χ0n) is 6.68. The standard InChI is InChI=1S/C7H12N2O2/c1-3-4(2)5-6(10)9-7(11)8-5/h4-5H,3H2,1-2H3,(H2,8,9,10,11)/t4?,5-/m1/s1. The van der Waals surface area contributed by atoms with Gasteiger partial charge in [0.05, 0.1) is 0 Å². The van der Waals surface area contributed by atoms with Crippen LogP contribution in [0.15, 0.2) is 0 Å². The van der Waals surface area contributed by atoms with Gasteiger partial charge in [-0.3, -0.25) is 10.1 Å². The molecule has 1 saturated heterocycles. The van der Waals surface area contributed by atoms with Crippen LogP contribution in [0.4, 0.5) is 4.79 Å². The molecule has 0 saturated carbocycles. The number of hydrogen-bond donors (Lipinski definition) is 2. The quantitative estimate of drug-likeness (QED) is 0.563.